The molecule has 3 aromatic carbocycles. The number of benzene rings is 3. The van der Waals surface area contributed by atoms with E-state index in [-0.39, 0.29) is 0 Å². The molecule has 0 radical (unpaired) electrons. The van der Waals surface area contributed by atoms with Crippen LogP contribution in [0.3, 0.4) is 0 Å². The molecule has 108 valence electrons. The first-order valence-electron chi connectivity index (χ1n) is 6.91. The molecule has 0 aliphatic rings. The molecule has 3 heteroatoms. The Morgan fingerprint density at radius 1 is 0.909 bits per heavy atom. The zero-order valence-corrected chi connectivity index (χ0v) is 12.5. The molecule has 2 nitrogen and oxygen atoms in total. The van der Waals surface area contributed by atoms with Gasteiger partial charge < -0.3 is 5.21 Å². The molecule has 1 N–H and O–H groups in total. The zero-order chi connectivity index (χ0) is 15.4. The predicted octanol–water partition coefficient (Wildman–Crippen LogP) is 5.38. The van der Waals surface area contributed by atoms with Gasteiger partial charge in [0.25, 0.3) is 0 Å². The van der Waals surface area contributed by atoms with Crippen molar-refractivity contribution in [3.63, 3.8) is 0 Å². The molecule has 0 spiro atoms. The van der Waals surface area contributed by atoms with Gasteiger partial charge >= 0.3 is 0 Å². The van der Waals surface area contributed by atoms with Crippen LogP contribution in [0.1, 0.15) is 11.1 Å². The van der Waals surface area contributed by atoms with E-state index < -0.39 is 0 Å². The summed E-state index contributed by atoms with van der Waals surface area (Å²) in [5.74, 6) is 0. The van der Waals surface area contributed by atoms with Gasteiger partial charge in [-0.1, -0.05) is 71.4 Å². The number of hydrogen-bond donors (Lipinski definition) is 1. The summed E-state index contributed by atoms with van der Waals surface area (Å²) < 4.78 is 0. The number of halogens is 1. The molecule has 3 rings (SSSR count). The summed E-state index contributed by atoms with van der Waals surface area (Å²) in [6, 6.07) is 21.5. The Bertz CT molecular complexity index is 851. The highest BCUT2D eigenvalue weighted by atomic mass is 35.5. The zero-order valence-electron chi connectivity index (χ0n) is 11.8. The summed E-state index contributed by atoms with van der Waals surface area (Å²) in [7, 11) is 0. The quantitative estimate of drug-likeness (QED) is 0.393. The third-order valence-corrected chi connectivity index (χ3v) is 3.71. The number of hydrogen-bond acceptors (Lipinski definition) is 2. The fraction of sp³-hybridized carbons (Fsp3) is 0. The van der Waals surface area contributed by atoms with Gasteiger partial charge in [-0.2, -0.15) is 0 Å². The first kappa shape index (κ1) is 14.4. The molecule has 0 aliphatic carbocycles. The van der Waals surface area contributed by atoms with Crippen LogP contribution in [0.25, 0.3) is 16.8 Å². The van der Waals surface area contributed by atoms with E-state index in [4.69, 9.17) is 11.6 Å². The van der Waals surface area contributed by atoms with E-state index in [0.29, 0.717) is 10.7 Å². The first-order valence-corrected chi connectivity index (χ1v) is 7.29. The van der Waals surface area contributed by atoms with Gasteiger partial charge in [0.1, 0.15) is 5.71 Å². The normalized spacial score (nSPS) is 12.1. The van der Waals surface area contributed by atoms with Crippen molar-refractivity contribution in [3.8, 4) is 0 Å². The van der Waals surface area contributed by atoms with Gasteiger partial charge in [0.05, 0.1) is 0 Å². The van der Waals surface area contributed by atoms with Crippen molar-refractivity contribution in [1.29, 1.82) is 0 Å². The minimum atomic E-state index is 0.515. The van der Waals surface area contributed by atoms with Gasteiger partial charge in [0.2, 0.25) is 0 Å². The third-order valence-electron chi connectivity index (χ3n) is 3.46. The van der Waals surface area contributed by atoms with Crippen LogP contribution in [0, 0.1) is 0 Å². The summed E-state index contributed by atoms with van der Waals surface area (Å²) in [6.07, 6.45) is 3.67. The maximum absolute atomic E-state index is 9.29. The topological polar surface area (TPSA) is 32.6 Å². The molecule has 0 bridgehead atoms. The van der Waals surface area contributed by atoms with Crippen molar-refractivity contribution in [2.75, 3.05) is 0 Å². The predicted molar refractivity (Wildman–Crippen MR) is 92.8 cm³/mol. The molecule has 0 aromatic heterocycles. The largest absolute Gasteiger partial charge is 0.410 e. The summed E-state index contributed by atoms with van der Waals surface area (Å²) in [4.78, 5) is 0. The first-order chi connectivity index (χ1) is 10.8. The van der Waals surface area contributed by atoms with Crippen molar-refractivity contribution in [3.05, 3.63) is 89.0 Å². The highest BCUT2D eigenvalue weighted by molar-refractivity contribution is 6.30. The second kappa shape index (κ2) is 6.46. The van der Waals surface area contributed by atoms with Crippen molar-refractivity contribution in [2.24, 2.45) is 5.16 Å². The Hall–Kier alpha value is -2.58. The van der Waals surface area contributed by atoms with Gasteiger partial charge in [0.15, 0.2) is 0 Å². The number of oxime groups is 1. The standard InChI is InChI=1S/C19H14ClNO/c20-18-10-5-14(6-11-18)7-12-19(21-22)17-9-8-15-3-1-2-4-16(15)13-17/h1-13,22H. The van der Waals surface area contributed by atoms with Gasteiger partial charge in [-0.25, -0.2) is 0 Å². The van der Waals surface area contributed by atoms with Gasteiger partial charge in [-0.15, -0.1) is 0 Å². The second-order valence-electron chi connectivity index (χ2n) is 4.93. The lowest BCUT2D eigenvalue weighted by Gasteiger charge is -2.03. The Kier molecular flexibility index (Phi) is 4.22. The minimum Gasteiger partial charge on any atom is -0.410 e. The fourth-order valence-corrected chi connectivity index (χ4v) is 2.41. The van der Waals surface area contributed by atoms with Gasteiger partial charge in [-0.05, 0) is 40.6 Å². The van der Waals surface area contributed by atoms with Crippen LogP contribution in [-0.4, -0.2) is 10.9 Å². The average Bonchev–Trinajstić information content (AvgIpc) is 2.57. The van der Waals surface area contributed by atoms with Crippen LogP contribution in [0.2, 0.25) is 5.02 Å². The molecule has 0 aliphatic heterocycles. The van der Waals surface area contributed by atoms with E-state index in [1.807, 2.05) is 66.7 Å². The van der Waals surface area contributed by atoms with Crippen LogP contribution in [-0.2, 0) is 0 Å². The van der Waals surface area contributed by atoms with Crippen molar-refractivity contribution >= 4 is 34.2 Å². The summed E-state index contributed by atoms with van der Waals surface area (Å²) >= 11 is 5.87. The van der Waals surface area contributed by atoms with Gasteiger partial charge in [0, 0.05) is 10.6 Å². The van der Waals surface area contributed by atoms with Gasteiger partial charge in [-0.3, -0.25) is 0 Å². The fourth-order valence-electron chi connectivity index (χ4n) is 2.28. The maximum Gasteiger partial charge on any atom is 0.109 e. The van der Waals surface area contributed by atoms with E-state index in [1.165, 1.54) is 0 Å². The SMILES string of the molecule is ON=C(C=Cc1ccc(Cl)cc1)c1ccc2ccccc2c1. The number of fused-ring (bicyclic) bond motifs is 1. The minimum absolute atomic E-state index is 0.515. The van der Waals surface area contributed by atoms with E-state index in [9.17, 15) is 5.21 Å². The molecule has 0 atom stereocenters. The lowest BCUT2D eigenvalue weighted by molar-refractivity contribution is 0.320. The van der Waals surface area contributed by atoms with Crippen LogP contribution in [0.5, 0.6) is 0 Å². The van der Waals surface area contributed by atoms with Crippen LogP contribution >= 0.6 is 11.6 Å². The molecule has 0 unspecified atom stereocenters. The van der Waals surface area contributed by atoms with E-state index in [0.717, 1.165) is 21.9 Å². The monoisotopic (exact) mass is 307 g/mol. The Morgan fingerprint density at radius 2 is 1.64 bits per heavy atom. The van der Waals surface area contributed by atoms with Crippen molar-refractivity contribution in [1.82, 2.24) is 0 Å². The molecule has 0 amide bonds. The van der Waals surface area contributed by atoms with Crippen molar-refractivity contribution in [2.45, 2.75) is 0 Å². The number of nitrogens with zero attached hydrogens (tertiary/aromatic N) is 1. The summed E-state index contributed by atoms with van der Waals surface area (Å²) in [6.45, 7) is 0. The lowest BCUT2D eigenvalue weighted by atomic mass is 10.0. The highest BCUT2D eigenvalue weighted by Crippen LogP contribution is 2.17. The Labute approximate surface area is 134 Å². The number of allylic oxidation sites excluding steroid dienone is 1. The Morgan fingerprint density at radius 3 is 2.36 bits per heavy atom. The molecule has 0 fully saturated rings. The van der Waals surface area contributed by atoms with Crippen LogP contribution in [0.4, 0.5) is 0 Å². The maximum atomic E-state index is 9.29. The van der Waals surface area contributed by atoms with E-state index in [1.54, 1.807) is 6.08 Å². The molecule has 0 heterocycles. The second-order valence-corrected chi connectivity index (χ2v) is 5.37. The number of rotatable bonds is 3. The van der Waals surface area contributed by atoms with Crippen LogP contribution < -0.4 is 0 Å². The molecular formula is C19H14ClNO. The summed E-state index contributed by atoms with van der Waals surface area (Å²) in [5, 5.41) is 15.7. The third kappa shape index (κ3) is 3.18. The molecule has 3 aromatic rings. The lowest BCUT2D eigenvalue weighted by Crippen LogP contribution is -1.96. The average molecular weight is 308 g/mol. The van der Waals surface area contributed by atoms with E-state index in [2.05, 4.69) is 11.2 Å². The van der Waals surface area contributed by atoms with Crippen LogP contribution in [0.15, 0.2) is 78.0 Å². The van der Waals surface area contributed by atoms with E-state index >= 15 is 0 Å². The molecular weight excluding hydrogens is 294 g/mol. The molecule has 0 saturated heterocycles. The molecule has 22 heavy (non-hydrogen) atoms. The Balaban J connectivity index is 1.91. The molecule has 0 saturated carbocycles. The van der Waals surface area contributed by atoms with Crippen molar-refractivity contribution < 1.29 is 5.21 Å². The highest BCUT2D eigenvalue weighted by Gasteiger charge is 2.02. The summed E-state index contributed by atoms with van der Waals surface area (Å²) in [5.41, 5.74) is 2.37. The smallest absolute Gasteiger partial charge is 0.109 e.